The summed E-state index contributed by atoms with van der Waals surface area (Å²) in [5.74, 6) is 0.553. The van der Waals surface area contributed by atoms with E-state index in [-0.39, 0.29) is 0 Å². The standard InChI is InChI=1S/C10H12F2N2OS2/c1-7-8(6-14(2)15)17-10(13-7)16-5-3-4-9(11)12/h4,6H,3,5H2,1-2H3/b14-6-. The summed E-state index contributed by atoms with van der Waals surface area (Å²) in [7, 11) is 1.40. The zero-order chi connectivity index (χ0) is 12.8. The summed E-state index contributed by atoms with van der Waals surface area (Å²) in [5, 5.41) is 10.9. The Balaban J connectivity index is 2.56. The third-order valence-corrected chi connectivity index (χ3v) is 4.02. The lowest BCUT2D eigenvalue weighted by atomic mass is 10.4. The van der Waals surface area contributed by atoms with Gasteiger partial charge in [-0.2, -0.15) is 8.78 Å². The molecule has 0 unspecified atom stereocenters. The largest absolute Gasteiger partial charge is 0.624 e. The first kappa shape index (κ1) is 14.1. The van der Waals surface area contributed by atoms with Crippen LogP contribution >= 0.6 is 23.1 Å². The van der Waals surface area contributed by atoms with Crippen LogP contribution in [0.3, 0.4) is 0 Å². The van der Waals surface area contributed by atoms with Crippen molar-refractivity contribution in [2.75, 3.05) is 12.8 Å². The molecule has 1 aromatic rings. The van der Waals surface area contributed by atoms with Crippen molar-refractivity contribution in [3.8, 4) is 0 Å². The van der Waals surface area contributed by atoms with Crippen LogP contribution in [0.25, 0.3) is 0 Å². The van der Waals surface area contributed by atoms with Crippen LogP contribution in [0, 0.1) is 12.1 Å². The average molecular weight is 278 g/mol. The molecule has 7 heteroatoms. The van der Waals surface area contributed by atoms with Crippen LogP contribution in [-0.4, -0.2) is 28.7 Å². The third kappa shape index (κ3) is 5.27. The van der Waals surface area contributed by atoms with E-state index in [0.29, 0.717) is 12.2 Å². The summed E-state index contributed by atoms with van der Waals surface area (Å²) in [4.78, 5) is 5.06. The molecule has 1 aromatic heterocycles. The fourth-order valence-electron chi connectivity index (χ4n) is 1.04. The average Bonchev–Trinajstić information content (AvgIpc) is 2.53. The molecule has 0 radical (unpaired) electrons. The number of rotatable bonds is 5. The quantitative estimate of drug-likeness (QED) is 0.207. The number of hydroxylamine groups is 1. The Bertz CT molecular complexity index is 436. The van der Waals surface area contributed by atoms with Crippen LogP contribution in [0.5, 0.6) is 0 Å². The number of thiazole rings is 1. The van der Waals surface area contributed by atoms with E-state index in [0.717, 1.165) is 25.7 Å². The molecule has 0 saturated carbocycles. The van der Waals surface area contributed by atoms with Crippen LogP contribution < -0.4 is 0 Å². The fourth-order valence-corrected chi connectivity index (χ4v) is 3.18. The van der Waals surface area contributed by atoms with Gasteiger partial charge in [0.1, 0.15) is 11.9 Å². The first-order valence-electron chi connectivity index (χ1n) is 4.85. The molecule has 0 bridgehead atoms. The maximum absolute atomic E-state index is 11.8. The van der Waals surface area contributed by atoms with E-state index in [1.807, 2.05) is 6.92 Å². The van der Waals surface area contributed by atoms with Crippen LogP contribution in [0.4, 0.5) is 8.78 Å². The van der Waals surface area contributed by atoms with Crippen molar-refractivity contribution in [1.29, 1.82) is 0 Å². The number of hydrogen-bond acceptors (Lipinski definition) is 4. The zero-order valence-corrected chi connectivity index (χ0v) is 11.1. The molecule has 0 saturated heterocycles. The molecule has 17 heavy (non-hydrogen) atoms. The topological polar surface area (TPSA) is 39.0 Å². The normalized spacial score (nSPS) is 11.6. The molecular weight excluding hydrogens is 266 g/mol. The van der Waals surface area contributed by atoms with Crippen molar-refractivity contribution in [2.24, 2.45) is 0 Å². The Morgan fingerprint density at radius 1 is 1.59 bits per heavy atom. The number of hydrogen-bond donors (Lipinski definition) is 0. The van der Waals surface area contributed by atoms with Gasteiger partial charge in [-0.25, -0.2) is 9.72 Å². The second kappa shape index (κ2) is 6.70. The lowest BCUT2D eigenvalue weighted by molar-refractivity contribution is -0.416. The molecule has 0 aliphatic carbocycles. The van der Waals surface area contributed by atoms with E-state index in [4.69, 9.17) is 0 Å². The maximum atomic E-state index is 11.8. The van der Waals surface area contributed by atoms with E-state index in [1.165, 1.54) is 36.4 Å². The predicted octanol–water partition coefficient (Wildman–Crippen LogP) is 3.27. The van der Waals surface area contributed by atoms with E-state index < -0.39 is 6.08 Å². The molecule has 0 spiro atoms. The van der Waals surface area contributed by atoms with E-state index in [2.05, 4.69) is 4.98 Å². The Labute approximate surface area is 106 Å². The molecule has 0 atom stereocenters. The minimum absolute atomic E-state index is 0.312. The van der Waals surface area contributed by atoms with Crippen LogP contribution in [-0.2, 0) is 0 Å². The van der Waals surface area contributed by atoms with Gasteiger partial charge in [0.05, 0.1) is 5.69 Å². The summed E-state index contributed by atoms with van der Waals surface area (Å²) in [6.45, 7) is 1.82. The van der Waals surface area contributed by atoms with Crippen molar-refractivity contribution < 1.29 is 13.5 Å². The second-order valence-corrected chi connectivity index (χ2v) is 5.61. The van der Waals surface area contributed by atoms with E-state index in [1.54, 1.807) is 0 Å². The minimum atomic E-state index is -1.65. The number of nitrogens with zero attached hydrogens (tertiary/aromatic N) is 2. The molecule has 3 nitrogen and oxygen atoms in total. The highest BCUT2D eigenvalue weighted by Crippen LogP contribution is 2.26. The Hall–Kier alpha value is -0.950. The van der Waals surface area contributed by atoms with Gasteiger partial charge in [0.2, 0.25) is 0 Å². The first-order valence-corrected chi connectivity index (χ1v) is 6.65. The van der Waals surface area contributed by atoms with Crippen LogP contribution in [0.2, 0.25) is 0 Å². The lowest BCUT2D eigenvalue weighted by Crippen LogP contribution is -1.96. The number of aryl methyl sites for hydroxylation is 1. The highest BCUT2D eigenvalue weighted by atomic mass is 32.2. The molecule has 1 heterocycles. The predicted molar refractivity (Wildman–Crippen MR) is 67.2 cm³/mol. The highest BCUT2D eigenvalue weighted by Gasteiger charge is 2.08. The van der Waals surface area contributed by atoms with Crippen LogP contribution in [0.1, 0.15) is 17.0 Å². The van der Waals surface area contributed by atoms with Gasteiger partial charge in [0.25, 0.3) is 6.08 Å². The summed E-state index contributed by atoms with van der Waals surface area (Å²) >= 11 is 2.81. The third-order valence-electron chi connectivity index (χ3n) is 1.75. The molecule has 0 N–H and O–H groups in total. The van der Waals surface area contributed by atoms with Gasteiger partial charge >= 0.3 is 0 Å². The summed E-state index contributed by atoms with van der Waals surface area (Å²) in [5.41, 5.74) is 0.785. The van der Waals surface area contributed by atoms with Gasteiger partial charge in [0, 0.05) is 5.75 Å². The Morgan fingerprint density at radius 3 is 2.88 bits per heavy atom. The fraction of sp³-hybridized carbons (Fsp3) is 0.400. The van der Waals surface area contributed by atoms with E-state index in [9.17, 15) is 14.0 Å². The monoisotopic (exact) mass is 278 g/mol. The maximum Gasteiger partial charge on any atom is 0.266 e. The van der Waals surface area contributed by atoms with E-state index >= 15 is 0 Å². The van der Waals surface area contributed by atoms with Gasteiger partial charge in [-0.05, 0) is 19.4 Å². The zero-order valence-electron chi connectivity index (χ0n) is 9.44. The van der Waals surface area contributed by atoms with Crippen molar-refractivity contribution in [1.82, 2.24) is 4.98 Å². The van der Waals surface area contributed by atoms with Crippen molar-refractivity contribution in [3.63, 3.8) is 0 Å². The SMILES string of the molecule is Cc1nc(SCCC=C(F)F)sc1/C=[N+](/C)[O-]. The summed E-state index contributed by atoms with van der Waals surface area (Å²) < 4.78 is 25.0. The summed E-state index contributed by atoms with van der Waals surface area (Å²) in [6.07, 6.45) is 1.01. The number of allylic oxidation sites excluding steroid dienone is 1. The number of thioether (sulfide) groups is 1. The molecule has 0 fully saturated rings. The van der Waals surface area contributed by atoms with Crippen molar-refractivity contribution in [3.05, 3.63) is 27.9 Å². The lowest BCUT2D eigenvalue weighted by Gasteiger charge is -1.92. The van der Waals surface area contributed by atoms with Gasteiger partial charge in [-0.15, -0.1) is 11.3 Å². The smallest absolute Gasteiger partial charge is 0.266 e. The number of aromatic nitrogens is 1. The Kier molecular flexibility index (Phi) is 5.57. The van der Waals surface area contributed by atoms with Gasteiger partial charge in [-0.3, -0.25) is 0 Å². The van der Waals surface area contributed by atoms with Crippen molar-refractivity contribution in [2.45, 2.75) is 17.7 Å². The van der Waals surface area contributed by atoms with Gasteiger partial charge in [-0.1, -0.05) is 11.8 Å². The van der Waals surface area contributed by atoms with Gasteiger partial charge in [0.15, 0.2) is 10.6 Å². The second-order valence-electron chi connectivity index (χ2n) is 3.24. The molecule has 94 valence electrons. The van der Waals surface area contributed by atoms with Crippen LogP contribution in [0.15, 0.2) is 16.5 Å². The van der Waals surface area contributed by atoms with Gasteiger partial charge < -0.3 is 5.21 Å². The van der Waals surface area contributed by atoms with Crippen molar-refractivity contribution >= 4 is 29.3 Å². The first-order chi connectivity index (χ1) is 7.99. The molecule has 0 aromatic carbocycles. The highest BCUT2D eigenvalue weighted by molar-refractivity contribution is 8.01. The summed E-state index contributed by atoms with van der Waals surface area (Å²) in [6, 6.07) is 0. The number of halogens is 2. The molecular formula is C10H12F2N2OS2. The molecule has 1 rings (SSSR count). The minimum Gasteiger partial charge on any atom is -0.624 e. The Morgan fingerprint density at radius 2 is 2.29 bits per heavy atom. The molecule has 0 amide bonds. The molecule has 0 aliphatic heterocycles. The molecule has 0 aliphatic rings.